The van der Waals surface area contributed by atoms with Gasteiger partial charge >= 0.3 is 14.5 Å². The van der Waals surface area contributed by atoms with Crippen molar-refractivity contribution in [3.8, 4) is 6.07 Å². The van der Waals surface area contributed by atoms with E-state index in [-0.39, 0.29) is 12.2 Å². The minimum absolute atomic E-state index is 0.00944. The van der Waals surface area contributed by atoms with Crippen molar-refractivity contribution in [1.29, 1.82) is 5.26 Å². The van der Waals surface area contributed by atoms with Gasteiger partial charge in [-0.1, -0.05) is 0 Å². The number of carbonyl (C=O) groups is 1. The van der Waals surface area contributed by atoms with Crippen LogP contribution in [0.2, 0.25) is 51.9 Å². The number of nitriles is 1. The highest BCUT2D eigenvalue weighted by molar-refractivity contribution is 6.87. The predicted octanol–water partition coefficient (Wildman–Crippen LogP) is 4.22. The molecular weight excluding hydrogens is 392 g/mol. The third-order valence-electron chi connectivity index (χ3n) is 3.04. The van der Waals surface area contributed by atoms with Gasteiger partial charge < -0.3 is 17.9 Å². The Morgan fingerprint density at radius 3 is 1.96 bits per heavy atom. The maximum absolute atomic E-state index is 12.0. The van der Waals surface area contributed by atoms with Gasteiger partial charge in [-0.05, 0) is 76.6 Å². The van der Waals surface area contributed by atoms with Crippen molar-refractivity contribution >= 4 is 31.2 Å². The molecule has 0 unspecified atom stereocenters. The van der Waals surface area contributed by atoms with Crippen molar-refractivity contribution in [3.05, 3.63) is 23.9 Å². The number of nitrogens with zero attached hydrogens (tertiary/aromatic N) is 2. The van der Waals surface area contributed by atoms with Crippen LogP contribution >= 0.6 is 0 Å². The molecule has 27 heavy (non-hydrogen) atoms. The van der Waals surface area contributed by atoms with Gasteiger partial charge in [0.2, 0.25) is 0 Å². The molecule has 154 valence electrons. The molecule has 0 aliphatic heterocycles. The quantitative estimate of drug-likeness (QED) is 0.122. The zero-order chi connectivity index (χ0) is 21.3. The molecule has 0 radical (unpaired) electrons. The van der Waals surface area contributed by atoms with Crippen LogP contribution in [0, 0.1) is 11.3 Å². The van der Waals surface area contributed by atoms with Gasteiger partial charge in [0.05, 0.1) is 6.61 Å². The molecule has 6 nitrogen and oxygen atoms in total. The van der Waals surface area contributed by atoms with E-state index in [0.717, 1.165) is 6.04 Å². The van der Waals surface area contributed by atoms with Crippen molar-refractivity contribution in [2.24, 2.45) is 0 Å². The first kappa shape index (κ1) is 25.8. The number of ether oxygens (including phenoxy) is 1. The lowest BCUT2D eigenvalue weighted by atomic mass is 10.3. The first-order valence-electron chi connectivity index (χ1n) is 9.20. The second kappa shape index (κ2) is 11.0. The fraction of sp³-hybridized carbons (Fsp3) is 0.667. The Bertz CT molecular complexity index is 569. The van der Waals surface area contributed by atoms with Gasteiger partial charge in [0.15, 0.2) is 16.6 Å². The second-order valence-corrected chi connectivity index (χ2v) is 21.6. The molecule has 0 rings (SSSR count). The average molecular weight is 429 g/mol. The van der Waals surface area contributed by atoms with Crippen molar-refractivity contribution in [3.63, 3.8) is 0 Å². The van der Waals surface area contributed by atoms with E-state index in [1.165, 1.54) is 6.08 Å². The number of carbonyl (C=O) groups excluding carboxylic acids is 1. The first-order chi connectivity index (χ1) is 12.2. The molecule has 0 aromatic heterocycles. The number of esters is 1. The Morgan fingerprint density at radius 1 is 1.04 bits per heavy atom. The van der Waals surface area contributed by atoms with E-state index in [4.69, 9.17) is 18.2 Å². The molecule has 0 amide bonds. The average Bonchev–Trinajstić information content (AvgIpc) is 2.43. The molecular formula is C18H36N2O4Si3. The van der Waals surface area contributed by atoms with Crippen molar-refractivity contribution < 1.29 is 17.8 Å². The Morgan fingerprint density at radius 2 is 1.56 bits per heavy atom. The second-order valence-electron chi connectivity index (χ2n) is 8.80. The third-order valence-corrected chi connectivity index (χ3v) is 12.7. The van der Waals surface area contributed by atoms with Crippen LogP contribution < -0.4 is 0 Å². The van der Waals surface area contributed by atoms with E-state index in [0.29, 0.717) is 6.42 Å². The predicted molar refractivity (Wildman–Crippen MR) is 117 cm³/mol. The number of rotatable bonds is 11. The Hall–Kier alpha value is -1.19. The summed E-state index contributed by atoms with van der Waals surface area (Å²) in [7, 11) is -2.07. The molecule has 0 aromatic carbocycles. The van der Waals surface area contributed by atoms with Crippen LogP contribution in [0.3, 0.4) is 0 Å². The summed E-state index contributed by atoms with van der Waals surface area (Å²) in [6.45, 7) is 15.3. The Balaban J connectivity index is 4.76. The maximum Gasteiger partial charge on any atom is 0.348 e. The van der Waals surface area contributed by atoms with E-state index in [9.17, 15) is 4.79 Å². The van der Waals surface area contributed by atoms with Crippen LogP contribution in [0.25, 0.3) is 0 Å². The smallest absolute Gasteiger partial charge is 0.348 e. The molecule has 0 heterocycles. The number of hydrogen-bond acceptors (Lipinski definition) is 6. The molecule has 0 saturated heterocycles. The van der Waals surface area contributed by atoms with Crippen molar-refractivity contribution in [1.82, 2.24) is 4.90 Å². The van der Waals surface area contributed by atoms with Gasteiger partial charge in [-0.25, -0.2) is 4.79 Å². The lowest BCUT2D eigenvalue weighted by Gasteiger charge is -2.38. The summed E-state index contributed by atoms with van der Waals surface area (Å²) < 4.78 is 18.1. The third kappa shape index (κ3) is 13.6. The summed E-state index contributed by atoms with van der Waals surface area (Å²) in [6, 6.07) is 2.65. The standard InChI is InChI=1S/C18H36N2O4Si3/c1-20(2)13-10-12-17(16-19)18(21)22-14-11-15-27(9,23-25(3,4)5)24-26(6,7)8/h10,12-13H,11,14-15H2,1-9H3/b13-10+,17-12+. The summed E-state index contributed by atoms with van der Waals surface area (Å²) in [4.78, 5) is 13.9. The minimum atomic E-state index is -2.33. The molecule has 0 aliphatic carbocycles. The minimum Gasteiger partial charge on any atom is -0.462 e. The van der Waals surface area contributed by atoms with Crippen molar-refractivity contribution in [2.45, 2.75) is 58.3 Å². The molecule has 0 atom stereocenters. The molecule has 0 fully saturated rings. The van der Waals surface area contributed by atoms with E-state index < -0.39 is 31.2 Å². The van der Waals surface area contributed by atoms with Gasteiger partial charge in [-0.3, -0.25) is 0 Å². The zero-order valence-corrected chi connectivity index (χ0v) is 21.4. The van der Waals surface area contributed by atoms with E-state index in [2.05, 4.69) is 45.8 Å². The van der Waals surface area contributed by atoms with Crippen LogP contribution in [0.4, 0.5) is 0 Å². The lowest BCUT2D eigenvalue weighted by Crippen LogP contribution is -2.52. The van der Waals surface area contributed by atoms with E-state index in [1.807, 2.05) is 25.1 Å². The summed E-state index contributed by atoms with van der Waals surface area (Å²) in [6.07, 6.45) is 5.52. The van der Waals surface area contributed by atoms with Gasteiger partial charge in [-0.15, -0.1) is 0 Å². The van der Waals surface area contributed by atoms with Gasteiger partial charge in [0.25, 0.3) is 0 Å². The van der Waals surface area contributed by atoms with E-state index in [1.54, 1.807) is 12.3 Å². The topological polar surface area (TPSA) is 71.8 Å². The highest BCUT2D eigenvalue weighted by atomic mass is 28.5. The largest absolute Gasteiger partial charge is 0.462 e. The molecule has 0 aromatic rings. The van der Waals surface area contributed by atoms with Gasteiger partial charge in [-0.2, -0.15) is 5.26 Å². The molecule has 0 spiro atoms. The normalized spacial score (nSPS) is 13.6. The lowest BCUT2D eigenvalue weighted by molar-refractivity contribution is -0.138. The van der Waals surface area contributed by atoms with Gasteiger partial charge in [0, 0.05) is 14.1 Å². The summed E-state index contributed by atoms with van der Waals surface area (Å²) in [5, 5.41) is 9.11. The van der Waals surface area contributed by atoms with Crippen LogP contribution in [-0.4, -0.2) is 56.8 Å². The monoisotopic (exact) mass is 428 g/mol. The van der Waals surface area contributed by atoms with Crippen LogP contribution in [0.15, 0.2) is 23.9 Å². The maximum atomic E-state index is 12.0. The SMILES string of the molecule is CN(C)/C=C/C=C(\C#N)C(=O)OCCC[Si](C)(O[Si](C)(C)C)O[Si](C)(C)C. The van der Waals surface area contributed by atoms with Crippen LogP contribution in [-0.2, 0) is 17.8 Å². The zero-order valence-electron chi connectivity index (χ0n) is 18.4. The summed E-state index contributed by atoms with van der Waals surface area (Å²) >= 11 is 0. The fourth-order valence-corrected chi connectivity index (χ4v) is 15.0. The molecule has 9 heteroatoms. The number of hydrogen-bond donors (Lipinski definition) is 0. The highest BCUT2D eigenvalue weighted by Crippen LogP contribution is 2.25. The summed E-state index contributed by atoms with van der Waals surface area (Å²) in [5.41, 5.74) is -0.00944. The van der Waals surface area contributed by atoms with Crippen LogP contribution in [0.1, 0.15) is 6.42 Å². The van der Waals surface area contributed by atoms with Crippen LogP contribution in [0.5, 0.6) is 0 Å². The summed E-state index contributed by atoms with van der Waals surface area (Å²) in [5.74, 6) is -0.596. The first-order valence-corrected chi connectivity index (χ1v) is 18.5. The fourth-order valence-electron chi connectivity index (χ4n) is 2.52. The molecule has 0 saturated carbocycles. The molecule has 0 N–H and O–H groups in total. The van der Waals surface area contributed by atoms with Gasteiger partial charge in [0.1, 0.15) is 11.6 Å². The highest BCUT2D eigenvalue weighted by Gasteiger charge is 2.39. The molecule has 0 bridgehead atoms. The van der Waals surface area contributed by atoms with Crippen molar-refractivity contribution in [2.75, 3.05) is 20.7 Å². The Kier molecular flexibility index (Phi) is 10.5. The molecule has 0 aliphatic rings. The number of allylic oxidation sites excluding steroid dienone is 2. The Labute approximate surface area is 168 Å². The van der Waals surface area contributed by atoms with E-state index >= 15 is 0 Å².